The van der Waals surface area contributed by atoms with Gasteiger partial charge in [0.2, 0.25) is 15.9 Å². The standard InChI is InChI=1S/C22H28BrN3O6S/c1-14-11-26(15(2)13-27)22(28)19-8-16(23)10-24-21(19)32-20(14)12-25(3)33(29,30)18-7-5-6-17(9-18)31-4/h5-10,14-15,20,27H,11-13H2,1-4H3/t14-,15-,20+/m0/s1. The van der Waals surface area contributed by atoms with E-state index < -0.39 is 22.2 Å². The number of aliphatic hydroxyl groups is 1. The lowest BCUT2D eigenvalue weighted by atomic mass is 10.0. The van der Waals surface area contributed by atoms with E-state index >= 15 is 0 Å². The summed E-state index contributed by atoms with van der Waals surface area (Å²) in [6.07, 6.45) is 0.927. The van der Waals surface area contributed by atoms with Crippen LogP contribution in [0.4, 0.5) is 0 Å². The third kappa shape index (κ3) is 5.48. The molecule has 0 saturated carbocycles. The van der Waals surface area contributed by atoms with Crippen molar-refractivity contribution in [2.24, 2.45) is 5.92 Å². The fraction of sp³-hybridized carbons (Fsp3) is 0.455. The van der Waals surface area contributed by atoms with Crippen molar-refractivity contribution in [2.45, 2.75) is 30.9 Å². The first-order valence-corrected chi connectivity index (χ1v) is 12.7. The van der Waals surface area contributed by atoms with Crippen molar-refractivity contribution in [3.05, 3.63) is 46.6 Å². The molecule has 0 bridgehead atoms. The largest absolute Gasteiger partial charge is 0.497 e. The maximum atomic E-state index is 13.2. The van der Waals surface area contributed by atoms with Crippen LogP contribution < -0.4 is 9.47 Å². The molecule has 3 atom stereocenters. The van der Waals surface area contributed by atoms with Gasteiger partial charge in [-0.05, 0) is 41.1 Å². The van der Waals surface area contributed by atoms with Gasteiger partial charge in [-0.25, -0.2) is 13.4 Å². The molecule has 3 rings (SSSR count). The summed E-state index contributed by atoms with van der Waals surface area (Å²) in [5.41, 5.74) is 0.250. The van der Waals surface area contributed by atoms with E-state index in [2.05, 4.69) is 20.9 Å². The molecule has 2 aromatic rings. The molecule has 9 nitrogen and oxygen atoms in total. The number of hydrogen-bond donors (Lipinski definition) is 1. The molecular formula is C22H28BrN3O6S. The number of hydrogen-bond acceptors (Lipinski definition) is 7. The molecule has 0 fully saturated rings. The van der Waals surface area contributed by atoms with Gasteiger partial charge in [-0.1, -0.05) is 13.0 Å². The monoisotopic (exact) mass is 541 g/mol. The molecule has 0 aliphatic carbocycles. The highest BCUT2D eigenvalue weighted by molar-refractivity contribution is 9.10. The zero-order valence-electron chi connectivity index (χ0n) is 18.9. The summed E-state index contributed by atoms with van der Waals surface area (Å²) in [7, 11) is -0.860. The molecule has 0 saturated heterocycles. The summed E-state index contributed by atoms with van der Waals surface area (Å²) in [4.78, 5) is 19.1. The van der Waals surface area contributed by atoms with Crippen molar-refractivity contribution in [3.63, 3.8) is 0 Å². The number of rotatable bonds is 7. The van der Waals surface area contributed by atoms with Gasteiger partial charge in [-0.3, -0.25) is 4.79 Å². The minimum atomic E-state index is -3.82. The smallest absolute Gasteiger partial charge is 0.259 e. The number of fused-ring (bicyclic) bond motifs is 1. The Balaban J connectivity index is 1.94. The number of aliphatic hydroxyl groups excluding tert-OH is 1. The summed E-state index contributed by atoms with van der Waals surface area (Å²) in [6.45, 7) is 3.75. The van der Waals surface area contributed by atoms with Crippen molar-refractivity contribution in [1.82, 2.24) is 14.2 Å². The Kier molecular flexibility index (Phi) is 7.99. The number of amides is 1. The molecule has 180 valence electrons. The van der Waals surface area contributed by atoms with Gasteiger partial charge in [0.05, 0.1) is 31.2 Å². The number of aromatic nitrogens is 1. The SMILES string of the molecule is COc1cccc(S(=O)(=O)N(C)C[C@H]2Oc3ncc(Br)cc3C(=O)N([C@@H](C)CO)C[C@@H]2C)c1. The summed E-state index contributed by atoms with van der Waals surface area (Å²) in [5.74, 6) is 0.0190. The van der Waals surface area contributed by atoms with E-state index in [1.807, 2.05) is 6.92 Å². The van der Waals surface area contributed by atoms with Gasteiger partial charge in [0.25, 0.3) is 5.91 Å². The average molecular weight is 542 g/mol. The molecule has 1 aliphatic rings. The molecule has 11 heteroatoms. The van der Waals surface area contributed by atoms with Crippen molar-refractivity contribution >= 4 is 31.9 Å². The summed E-state index contributed by atoms with van der Waals surface area (Å²) < 4.78 is 39.5. The van der Waals surface area contributed by atoms with Crippen LogP contribution in [0.15, 0.2) is 45.9 Å². The highest BCUT2D eigenvalue weighted by Gasteiger charge is 2.35. The molecular weight excluding hydrogens is 514 g/mol. The lowest BCUT2D eigenvalue weighted by Gasteiger charge is -2.37. The first-order chi connectivity index (χ1) is 15.6. The summed E-state index contributed by atoms with van der Waals surface area (Å²) >= 11 is 3.33. The van der Waals surface area contributed by atoms with E-state index in [0.717, 1.165) is 0 Å². The van der Waals surface area contributed by atoms with E-state index in [1.165, 1.54) is 36.8 Å². The Labute approximate surface area is 202 Å². The number of methoxy groups -OCH3 is 1. The quantitative estimate of drug-likeness (QED) is 0.573. The van der Waals surface area contributed by atoms with Crippen LogP contribution in [0.5, 0.6) is 11.6 Å². The van der Waals surface area contributed by atoms with E-state index in [-0.39, 0.29) is 47.9 Å². The summed E-state index contributed by atoms with van der Waals surface area (Å²) in [5, 5.41) is 9.69. The van der Waals surface area contributed by atoms with Gasteiger partial charge in [-0.2, -0.15) is 4.31 Å². The summed E-state index contributed by atoms with van der Waals surface area (Å²) in [6, 6.07) is 7.45. The first kappa shape index (κ1) is 25.4. The van der Waals surface area contributed by atoms with Crippen LogP contribution >= 0.6 is 15.9 Å². The number of sulfonamides is 1. The van der Waals surface area contributed by atoms with Crippen molar-refractivity contribution in [3.8, 4) is 11.6 Å². The van der Waals surface area contributed by atoms with E-state index in [9.17, 15) is 18.3 Å². The van der Waals surface area contributed by atoms with Gasteiger partial charge in [-0.15, -0.1) is 0 Å². The predicted octanol–water partition coefficient (Wildman–Crippen LogP) is 2.39. The second-order valence-electron chi connectivity index (χ2n) is 8.09. The maximum absolute atomic E-state index is 13.2. The van der Waals surface area contributed by atoms with Crippen LogP contribution in [0.3, 0.4) is 0 Å². The molecule has 1 aromatic carbocycles. The van der Waals surface area contributed by atoms with Crippen LogP contribution in [0.2, 0.25) is 0 Å². The second kappa shape index (κ2) is 10.4. The topological polar surface area (TPSA) is 109 Å². The third-order valence-corrected chi connectivity index (χ3v) is 7.93. The number of carbonyl (C=O) groups excluding carboxylic acids is 1. The molecule has 33 heavy (non-hydrogen) atoms. The van der Waals surface area contributed by atoms with Crippen molar-refractivity contribution < 1.29 is 27.8 Å². The maximum Gasteiger partial charge on any atom is 0.259 e. The number of nitrogens with zero attached hydrogens (tertiary/aromatic N) is 3. The Morgan fingerprint density at radius 3 is 2.79 bits per heavy atom. The van der Waals surface area contributed by atoms with Crippen LogP contribution in [0.1, 0.15) is 24.2 Å². The lowest BCUT2D eigenvalue weighted by molar-refractivity contribution is 0.0373. The Morgan fingerprint density at radius 1 is 1.39 bits per heavy atom. The second-order valence-corrected chi connectivity index (χ2v) is 11.1. The molecule has 1 aliphatic heterocycles. The normalized spacial score (nSPS) is 20.0. The Hall–Kier alpha value is -2.21. The van der Waals surface area contributed by atoms with E-state index in [1.54, 1.807) is 30.0 Å². The van der Waals surface area contributed by atoms with Crippen LogP contribution in [-0.2, 0) is 10.0 Å². The van der Waals surface area contributed by atoms with Gasteiger partial charge < -0.3 is 19.5 Å². The molecule has 1 aromatic heterocycles. The molecule has 0 radical (unpaired) electrons. The fourth-order valence-electron chi connectivity index (χ4n) is 3.59. The minimum absolute atomic E-state index is 0.0351. The number of likely N-dealkylation sites (N-methyl/N-ethyl adjacent to an activating group) is 1. The Morgan fingerprint density at radius 2 is 2.12 bits per heavy atom. The van der Waals surface area contributed by atoms with Crippen LogP contribution in [0, 0.1) is 5.92 Å². The van der Waals surface area contributed by atoms with Gasteiger partial charge in [0.15, 0.2) is 0 Å². The van der Waals surface area contributed by atoms with Gasteiger partial charge in [0.1, 0.15) is 17.4 Å². The molecule has 1 N–H and O–H groups in total. The number of carbonyl (C=O) groups is 1. The van der Waals surface area contributed by atoms with E-state index in [4.69, 9.17) is 9.47 Å². The first-order valence-electron chi connectivity index (χ1n) is 10.4. The minimum Gasteiger partial charge on any atom is -0.497 e. The zero-order chi connectivity index (χ0) is 24.3. The number of pyridine rings is 1. The van der Waals surface area contributed by atoms with Crippen molar-refractivity contribution in [2.75, 3.05) is 33.9 Å². The number of ether oxygens (including phenoxy) is 2. The predicted molar refractivity (Wildman–Crippen MR) is 126 cm³/mol. The van der Waals surface area contributed by atoms with Crippen LogP contribution in [0.25, 0.3) is 0 Å². The van der Waals surface area contributed by atoms with Crippen molar-refractivity contribution in [1.29, 1.82) is 0 Å². The molecule has 0 unspecified atom stereocenters. The fourth-order valence-corrected chi connectivity index (χ4v) is 5.14. The van der Waals surface area contributed by atoms with E-state index in [0.29, 0.717) is 10.2 Å². The van der Waals surface area contributed by atoms with Crippen LogP contribution in [-0.4, -0.2) is 79.6 Å². The Bertz CT molecular complexity index is 1110. The highest BCUT2D eigenvalue weighted by Crippen LogP contribution is 2.29. The molecule has 0 spiro atoms. The lowest BCUT2D eigenvalue weighted by Crippen LogP contribution is -2.50. The molecule has 2 heterocycles. The number of benzene rings is 1. The average Bonchev–Trinajstić information content (AvgIpc) is 2.81. The van der Waals surface area contributed by atoms with Gasteiger partial charge in [0, 0.05) is 36.2 Å². The zero-order valence-corrected chi connectivity index (χ0v) is 21.3. The third-order valence-electron chi connectivity index (χ3n) is 5.67. The molecule has 1 amide bonds. The number of halogens is 1. The van der Waals surface area contributed by atoms with Gasteiger partial charge >= 0.3 is 0 Å². The highest BCUT2D eigenvalue weighted by atomic mass is 79.9.